The van der Waals surface area contributed by atoms with Crippen LogP contribution in [-0.4, -0.2) is 39.6 Å². The molecule has 21 heavy (non-hydrogen) atoms. The van der Waals surface area contributed by atoms with Gasteiger partial charge in [-0.15, -0.1) is 5.10 Å². The second-order valence-electron chi connectivity index (χ2n) is 6.37. The van der Waals surface area contributed by atoms with E-state index < -0.39 is 5.60 Å². The van der Waals surface area contributed by atoms with Gasteiger partial charge in [0.25, 0.3) is 0 Å². The number of aromatic nitrogens is 3. The highest BCUT2D eigenvalue weighted by Gasteiger charge is 2.27. The summed E-state index contributed by atoms with van der Waals surface area (Å²) in [5.41, 5.74) is -0.475. The van der Waals surface area contributed by atoms with E-state index in [2.05, 4.69) is 15.4 Å². The first kappa shape index (κ1) is 15.6. The van der Waals surface area contributed by atoms with Crippen LogP contribution in [0.5, 0.6) is 6.01 Å². The monoisotopic (exact) mass is 296 g/mol. The van der Waals surface area contributed by atoms with Crippen molar-refractivity contribution in [1.29, 1.82) is 0 Å². The van der Waals surface area contributed by atoms with Gasteiger partial charge in [-0.3, -0.25) is 0 Å². The minimum Gasteiger partial charge on any atom is -0.466 e. The molecule has 1 aliphatic carbocycles. The minimum absolute atomic E-state index is 0.105. The van der Waals surface area contributed by atoms with Crippen molar-refractivity contribution in [3.63, 3.8) is 0 Å². The largest absolute Gasteiger partial charge is 0.466 e. The molecule has 1 saturated carbocycles. The third-order valence-electron chi connectivity index (χ3n) is 3.41. The fourth-order valence-electron chi connectivity index (χ4n) is 2.54. The molecule has 1 aromatic heterocycles. The molecular weight excluding hydrogens is 272 g/mol. The molecule has 118 valence electrons. The Hall–Kier alpha value is -1.79. The van der Waals surface area contributed by atoms with Gasteiger partial charge >= 0.3 is 12.1 Å². The van der Waals surface area contributed by atoms with Crippen LogP contribution in [0.25, 0.3) is 0 Å². The van der Waals surface area contributed by atoms with E-state index in [0.29, 0.717) is 6.01 Å². The molecule has 0 aromatic carbocycles. The minimum atomic E-state index is -0.475. The lowest BCUT2D eigenvalue weighted by Gasteiger charge is -2.30. The number of rotatable bonds is 3. The van der Waals surface area contributed by atoms with Crippen LogP contribution in [0.4, 0.5) is 4.79 Å². The van der Waals surface area contributed by atoms with Crippen molar-refractivity contribution >= 4 is 6.09 Å². The van der Waals surface area contributed by atoms with E-state index in [0.717, 1.165) is 25.7 Å². The second-order valence-corrected chi connectivity index (χ2v) is 6.37. The number of amides is 1. The van der Waals surface area contributed by atoms with Crippen LogP contribution in [0, 0.1) is 0 Å². The van der Waals surface area contributed by atoms with Crippen LogP contribution in [0.15, 0.2) is 6.33 Å². The normalized spacial score (nSPS) is 22.7. The number of nitrogens with one attached hydrogen (secondary N) is 1. The van der Waals surface area contributed by atoms with Crippen molar-refractivity contribution in [2.45, 2.75) is 64.1 Å². The summed E-state index contributed by atoms with van der Waals surface area (Å²) in [5, 5.41) is 7.21. The van der Waals surface area contributed by atoms with Gasteiger partial charge in [0.1, 0.15) is 11.9 Å². The number of hydrogen-bond donors (Lipinski definition) is 1. The first-order valence-electron chi connectivity index (χ1n) is 7.32. The van der Waals surface area contributed by atoms with Gasteiger partial charge in [-0.1, -0.05) is 0 Å². The van der Waals surface area contributed by atoms with Crippen molar-refractivity contribution < 1.29 is 14.3 Å². The van der Waals surface area contributed by atoms with E-state index in [-0.39, 0.29) is 18.2 Å². The smallest absolute Gasteiger partial charge is 0.407 e. The Kier molecular flexibility index (Phi) is 4.69. The van der Waals surface area contributed by atoms with Gasteiger partial charge in [-0.05, 0) is 46.5 Å². The summed E-state index contributed by atoms with van der Waals surface area (Å²) >= 11 is 0. The Morgan fingerprint density at radius 1 is 1.43 bits per heavy atom. The zero-order valence-electron chi connectivity index (χ0n) is 13.1. The highest BCUT2D eigenvalue weighted by atomic mass is 16.6. The number of alkyl carbamates (subject to hydrolysis) is 1. The molecule has 7 nitrogen and oxygen atoms in total. The summed E-state index contributed by atoms with van der Waals surface area (Å²) < 4.78 is 12.1. The number of carbonyl (C=O) groups is 1. The Morgan fingerprint density at radius 2 is 2.19 bits per heavy atom. The van der Waals surface area contributed by atoms with E-state index in [1.165, 1.54) is 0 Å². The predicted octanol–water partition coefficient (Wildman–Crippen LogP) is 2.30. The summed E-state index contributed by atoms with van der Waals surface area (Å²) in [5.74, 6) is 0. The fraction of sp³-hybridized carbons (Fsp3) is 0.786. The van der Waals surface area contributed by atoms with E-state index in [9.17, 15) is 4.79 Å². The molecule has 1 aromatic rings. The molecule has 0 saturated heterocycles. The molecule has 2 rings (SSSR count). The molecule has 7 heteroatoms. The summed E-state index contributed by atoms with van der Waals surface area (Å²) in [6.07, 6.45) is 5.17. The number of carbonyl (C=O) groups excluding carboxylic acids is 1. The average molecular weight is 296 g/mol. The van der Waals surface area contributed by atoms with Crippen molar-refractivity contribution in [3.05, 3.63) is 6.33 Å². The van der Waals surface area contributed by atoms with Gasteiger partial charge in [-0.2, -0.15) is 4.98 Å². The van der Waals surface area contributed by atoms with Crippen LogP contribution < -0.4 is 10.1 Å². The Labute approximate surface area is 125 Å². The van der Waals surface area contributed by atoms with Gasteiger partial charge in [0.05, 0.1) is 13.2 Å². The lowest BCUT2D eigenvalue weighted by Crippen LogP contribution is -2.41. The molecule has 0 radical (unpaired) electrons. The van der Waals surface area contributed by atoms with Gasteiger partial charge < -0.3 is 14.8 Å². The highest BCUT2D eigenvalue weighted by Crippen LogP contribution is 2.28. The van der Waals surface area contributed by atoms with Crippen LogP contribution in [0.2, 0.25) is 0 Å². The first-order chi connectivity index (χ1) is 9.87. The molecule has 1 heterocycles. The zero-order chi connectivity index (χ0) is 15.5. The van der Waals surface area contributed by atoms with E-state index in [4.69, 9.17) is 9.47 Å². The number of ether oxygens (including phenoxy) is 2. The molecule has 1 amide bonds. The summed E-state index contributed by atoms with van der Waals surface area (Å²) in [6, 6.07) is 0.709. The lowest BCUT2D eigenvalue weighted by atomic mass is 9.91. The van der Waals surface area contributed by atoms with E-state index in [1.54, 1.807) is 13.4 Å². The molecule has 1 fully saturated rings. The topological polar surface area (TPSA) is 78.3 Å². The molecule has 2 atom stereocenters. The maximum absolute atomic E-state index is 11.8. The molecule has 1 N–H and O–H groups in total. The maximum Gasteiger partial charge on any atom is 0.407 e. The number of nitrogens with zero attached hydrogens (tertiary/aromatic N) is 3. The van der Waals surface area contributed by atoms with Crippen LogP contribution in [0.3, 0.4) is 0 Å². The molecule has 2 unspecified atom stereocenters. The van der Waals surface area contributed by atoms with Gasteiger partial charge in [-0.25, -0.2) is 9.48 Å². The van der Waals surface area contributed by atoms with Crippen molar-refractivity contribution in [2.24, 2.45) is 0 Å². The van der Waals surface area contributed by atoms with Crippen LogP contribution in [0.1, 0.15) is 52.5 Å². The Bertz CT molecular complexity index is 481. The maximum atomic E-state index is 11.8. The highest BCUT2D eigenvalue weighted by molar-refractivity contribution is 5.68. The predicted molar refractivity (Wildman–Crippen MR) is 77.2 cm³/mol. The second kappa shape index (κ2) is 6.32. The number of methoxy groups -OCH3 is 1. The third-order valence-corrected chi connectivity index (χ3v) is 3.41. The average Bonchev–Trinajstić information content (AvgIpc) is 2.85. The number of hydrogen-bond acceptors (Lipinski definition) is 5. The Morgan fingerprint density at radius 3 is 2.81 bits per heavy atom. The van der Waals surface area contributed by atoms with E-state index in [1.807, 2.05) is 25.5 Å². The summed E-state index contributed by atoms with van der Waals surface area (Å²) in [4.78, 5) is 15.9. The zero-order valence-corrected chi connectivity index (χ0v) is 13.1. The van der Waals surface area contributed by atoms with E-state index >= 15 is 0 Å². The molecular formula is C14H24N4O3. The third kappa shape index (κ3) is 4.61. The summed E-state index contributed by atoms with van der Waals surface area (Å²) in [6.45, 7) is 5.58. The molecule has 0 spiro atoms. The fourth-order valence-corrected chi connectivity index (χ4v) is 2.54. The summed E-state index contributed by atoms with van der Waals surface area (Å²) in [7, 11) is 1.55. The van der Waals surface area contributed by atoms with Crippen molar-refractivity contribution in [1.82, 2.24) is 20.1 Å². The quantitative estimate of drug-likeness (QED) is 0.926. The molecule has 0 bridgehead atoms. The molecule has 0 aliphatic heterocycles. The van der Waals surface area contributed by atoms with Gasteiger partial charge in [0, 0.05) is 6.04 Å². The lowest BCUT2D eigenvalue weighted by molar-refractivity contribution is 0.0484. The van der Waals surface area contributed by atoms with Gasteiger partial charge in [0.15, 0.2) is 0 Å². The standard InChI is InChI=1S/C14H24N4O3/c1-14(2,3)21-13(19)16-10-6-5-7-11(8-10)18-9-15-12(17-18)20-4/h9-11H,5-8H2,1-4H3,(H,16,19). The van der Waals surface area contributed by atoms with Gasteiger partial charge in [0.2, 0.25) is 0 Å². The van der Waals surface area contributed by atoms with Crippen LogP contribution in [-0.2, 0) is 4.74 Å². The molecule has 1 aliphatic rings. The van der Waals surface area contributed by atoms with Crippen molar-refractivity contribution in [3.8, 4) is 6.01 Å². The first-order valence-corrected chi connectivity index (χ1v) is 7.32. The SMILES string of the molecule is COc1ncn(C2CCCC(NC(=O)OC(C)(C)C)C2)n1. The van der Waals surface area contributed by atoms with Crippen LogP contribution >= 0.6 is 0 Å². The Balaban J connectivity index is 1.90. The van der Waals surface area contributed by atoms with Crippen molar-refractivity contribution in [2.75, 3.05) is 7.11 Å².